The van der Waals surface area contributed by atoms with Crippen molar-refractivity contribution in [3.8, 4) is 0 Å². The number of hydrogen-bond donors (Lipinski definition) is 2. The summed E-state index contributed by atoms with van der Waals surface area (Å²) in [6.45, 7) is 3.48. The van der Waals surface area contributed by atoms with Crippen molar-refractivity contribution in [1.82, 2.24) is 0 Å². The normalized spacial score (nSPS) is 12.8. The molecule has 0 aliphatic carbocycles. The highest BCUT2D eigenvalue weighted by molar-refractivity contribution is 5.75. The molecule has 0 aliphatic heterocycles. The Hall–Kier alpha value is -1.99. The van der Waals surface area contributed by atoms with Crippen LogP contribution < -0.4 is 5.73 Å². The second-order valence-electron chi connectivity index (χ2n) is 5.49. The third kappa shape index (κ3) is 5.49. The Bertz CT molecular complexity index is 497. The Morgan fingerprint density at radius 2 is 2.00 bits per heavy atom. The number of nitro benzene ring substituents is 1. The van der Waals surface area contributed by atoms with Crippen LogP contribution in [-0.4, -0.2) is 22.2 Å². The highest BCUT2D eigenvalue weighted by Gasteiger charge is 2.29. The zero-order valence-corrected chi connectivity index (χ0v) is 12.1. The number of nitrogens with zero attached hydrogens (tertiary/aromatic N) is 1. The fourth-order valence-corrected chi connectivity index (χ4v) is 1.67. The number of ether oxygens (including phenoxy) is 1. The molecule has 1 atom stereocenters. The van der Waals surface area contributed by atoms with Crippen molar-refractivity contribution in [2.45, 2.75) is 39.5 Å². The van der Waals surface area contributed by atoms with Crippen molar-refractivity contribution in [1.29, 1.82) is 0 Å². The van der Waals surface area contributed by atoms with Crippen LogP contribution in [0.15, 0.2) is 24.3 Å². The number of carbonyl (C=O) groups is 1. The molecule has 1 rings (SSSR count). The average Bonchev–Trinajstić information content (AvgIpc) is 2.43. The second-order valence-corrected chi connectivity index (χ2v) is 5.49. The lowest BCUT2D eigenvalue weighted by Gasteiger charge is -2.23. The maximum atomic E-state index is 12.0. The van der Waals surface area contributed by atoms with E-state index in [1.807, 2.05) is 0 Å². The van der Waals surface area contributed by atoms with Crippen LogP contribution in [0.5, 0.6) is 0 Å². The topological polar surface area (TPSA) is 116 Å². The molecule has 0 saturated heterocycles. The fourth-order valence-electron chi connectivity index (χ4n) is 1.67. The van der Waals surface area contributed by atoms with E-state index in [9.17, 15) is 14.9 Å². The van der Waals surface area contributed by atoms with Crippen LogP contribution >= 0.6 is 0 Å². The first-order valence-electron chi connectivity index (χ1n) is 6.56. The van der Waals surface area contributed by atoms with Gasteiger partial charge in [0.15, 0.2) is 0 Å². The van der Waals surface area contributed by atoms with E-state index in [-0.39, 0.29) is 12.3 Å². The van der Waals surface area contributed by atoms with Crippen molar-refractivity contribution in [2.24, 2.45) is 11.1 Å². The standard InChI is InChI=1S/C14H20N2O5/c1-14(2,8-7-12(15)17)13(18)21-9-10-3-5-11(6-4-10)16(19)20/h3-6,12,17H,7-9,15H2,1-2H3. The Kier molecular flexibility index (Phi) is 5.80. The minimum atomic E-state index is -0.952. The minimum Gasteiger partial charge on any atom is -0.460 e. The van der Waals surface area contributed by atoms with E-state index in [0.717, 1.165) is 0 Å². The molecule has 0 heterocycles. The zero-order chi connectivity index (χ0) is 16.0. The van der Waals surface area contributed by atoms with E-state index in [0.29, 0.717) is 18.4 Å². The van der Waals surface area contributed by atoms with E-state index in [2.05, 4.69) is 0 Å². The Morgan fingerprint density at radius 3 is 2.48 bits per heavy atom. The van der Waals surface area contributed by atoms with Gasteiger partial charge in [0.05, 0.1) is 10.3 Å². The molecule has 1 unspecified atom stereocenters. The lowest BCUT2D eigenvalue weighted by Crippen LogP contribution is -2.29. The highest BCUT2D eigenvalue weighted by Crippen LogP contribution is 2.25. The molecule has 0 aliphatic rings. The largest absolute Gasteiger partial charge is 0.460 e. The predicted molar refractivity (Wildman–Crippen MR) is 76.1 cm³/mol. The fraction of sp³-hybridized carbons (Fsp3) is 0.500. The SMILES string of the molecule is CC(C)(CCC(N)O)C(=O)OCc1ccc([N+](=O)[O-])cc1. The average molecular weight is 296 g/mol. The summed E-state index contributed by atoms with van der Waals surface area (Å²) in [6.07, 6.45) is -0.240. The molecule has 7 nitrogen and oxygen atoms in total. The van der Waals surface area contributed by atoms with Gasteiger partial charge in [0.2, 0.25) is 0 Å². The van der Waals surface area contributed by atoms with Crippen LogP contribution in [0.4, 0.5) is 5.69 Å². The highest BCUT2D eigenvalue weighted by atomic mass is 16.6. The van der Waals surface area contributed by atoms with Gasteiger partial charge in [0.25, 0.3) is 5.69 Å². The number of non-ortho nitro benzene ring substituents is 1. The molecule has 1 aromatic carbocycles. The number of nitro groups is 1. The lowest BCUT2D eigenvalue weighted by molar-refractivity contribution is -0.384. The van der Waals surface area contributed by atoms with Gasteiger partial charge < -0.3 is 15.6 Å². The van der Waals surface area contributed by atoms with Gasteiger partial charge in [-0.25, -0.2) is 0 Å². The van der Waals surface area contributed by atoms with Gasteiger partial charge in [-0.15, -0.1) is 0 Å². The van der Waals surface area contributed by atoms with Crippen LogP contribution in [0, 0.1) is 15.5 Å². The first-order valence-corrected chi connectivity index (χ1v) is 6.56. The number of nitrogens with two attached hydrogens (primary N) is 1. The summed E-state index contributed by atoms with van der Waals surface area (Å²) in [6, 6.07) is 5.81. The Morgan fingerprint density at radius 1 is 1.43 bits per heavy atom. The first kappa shape index (κ1) is 17.1. The number of hydrogen-bond acceptors (Lipinski definition) is 6. The number of benzene rings is 1. The quantitative estimate of drug-likeness (QED) is 0.342. The van der Waals surface area contributed by atoms with E-state index in [1.165, 1.54) is 12.1 Å². The summed E-state index contributed by atoms with van der Waals surface area (Å²) in [5.41, 5.74) is 5.16. The second kappa shape index (κ2) is 7.14. The van der Waals surface area contributed by atoms with E-state index in [1.54, 1.807) is 26.0 Å². The molecular formula is C14H20N2O5. The maximum absolute atomic E-state index is 12.0. The van der Waals surface area contributed by atoms with Gasteiger partial charge in [-0.3, -0.25) is 14.9 Å². The lowest BCUT2D eigenvalue weighted by atomic mass is 9.87. The van der Waals surface area contributed by atoms with Gasteiger partial charge in [-0.2, -0.15) is 0 Å². The summed E-state index contributed by atoms with van der Waals surface area (Å²) in [7, 11) is 0. The van der Waals surface area contributed by atoms with Crippen LogP contribution in [0.1, 0.15) is 32.3 Å². The van der Waals surface area contributed by atoms with Crippen LogP contribution in [0.3, 0.4) is 0 Å². The molecule has 0 bridgehead atoms. The third-order valence-corrected chi connectivity index (χ3v) is 3.13. The van der Waals surface area contributed by atoms with Gasteiger partial charge in [-0.05, 0) is 44.4 Å². The molecule has 7 heteroatoms. The Balaban J connectivity index is 2.53. The van der Waals surface area contributed by atoms with Gasteiger partial charge in [-0.1, -0.05) is 0 Å². The van der Waals surface area contributed by atoms with Gasteiger partial charge in [0.1, 0.15) is 12.8 Å². The molecule has 0 spiro atoms. The van der Waals surface area contributed by atoms with Crippen molar-refractivity contribution in [3.63, 3.8) is 0 Å². The van der Waals surface area contributed by atoms with E-state index < -0.39 is 22.5 Å². The number of aliphatic hydroxyl groups excluding tert-OH is 1. The maximum Gasteiger partial charge on any atom is 0.311 e. The molecule has 0 radical (unpaired) electrons. The van der Waals surface area contributed by atoms with Crippen molar-refractivity contribution >= 4 is 11.7 Å². The van der Waals surface area contributed by atoms with Crippen molar-refractivity contribution in [2.75, 3.05) is 0 Å². The summed E-state index contributed by atoms with van der Waals surface area (Å²) in [5.74, 6) is -0.401. The van der Waals surface area contributed by atoms with Gasteiger partial charge in [0, 0.05) is 12.1 Å². The molecule has 116 valence electrons. The van der Waals surface area contributed by atoms with E-state index in [4.69, 9.17) is 15.6 Å². The number of esters is 1. The van der Waals surface area contributed by atoms with E-state index >= 15 is 0 Å². The third-order valence-electron chi connectivity index (χ3n) is 3.13. The minimum absolute atomic E-state index is 0.0117. The molecule has 0 fully saturated rings. The molecule has 3 N–H and O–H groups in total. The van der Waals surface area contributed by atoms with Gasteiger partial charge >= 0.3 is 5.97 Å². The summed E-state index contributed by atoms with van der Waals surface area (Å²) in [4.78, 5) is 22.0. The molecule has 0 aromatic heterocycles. The van der Waals surface area contributed by atoms with Crippen LogP contribution in [0.25, 0.3) is 0 Å². The molecule has 0 amide bonds. The number of rotatable bonds is 7. The molecule has 1 aromatic rings. The van der Waals surface area contributed by atoms with Crippen LogP contribution in [-0.2, 0) is 16.1 Å². The zero-order valence-electron chi connectivity index (χ0n) is 12.1. The predicted octanol–water partition coefficient (Wildman–Crippen LogP) is 1.72. The molecule has 0 saturated carbocycles. The molecular weight excluding hydrogens is 276 g/mol. The molecule has 21 heavy (non-hydrogen) atoms. The van der Waals surface area contributed by atoms with Crippen molar-refractivity contribution < 1.29 is 19.6 Å². The van der Waals surface area contributed by atoms with Crippen LogP contribution in [0.2, 0.25) is 0 Å². The van der Waals surface area contributed by atoms with Crippen molar-refractivity contribution in [3.05, 3.63) is 39.9 Å². The first-order chi connectivity index (χ1) is 9.72. The summed E-state index contributed by atoms with van der Waals surface area (Å²) >= 11 is 0. The monoisotopic (exact) mass is 296 g/mol. The smallest absolute Gasteiger partial charge is 0.311 e. The Labute approximate surface area is 122 Å². The number of aliphatic hydroxyl groups is 1. The summed E-state index contributed by atoms with van der Waals surface area (Å²) < 4.78 is 5.19. The summed E-state index contributed by atoms with van der Waals surface area (Å²) in [5, 5.41) is 19.6. The number of carbonyl (C=O) groups excluding carboxylic acids is 1.